The highest BCUT2D eigenvalue weighted by Crippen LogP contribution is 2.28. The quantitative estimate of drug-likeness (QED) is 0.545. The Labute approximate surface area is 74.2 Å². The van der Waals surface area contributed by atoms with Crippen LogP contribution in [-0.2, 0) is 0 Å². The summed E-state index contributed by atoms with van der Waals surface area (Å²) in [6.45, 7) is 1.72. The van der Waals surface area contributed by atoms with Crippen LogP contribution in [0.2, 0.25) is 0 Å². The first-order valence-corrected chi connectivity index (χ1v) is 3.73. The lowest BCUT2D eigenvalue weighted by atomic mass is 9.81. The molecule has 0 N–H and O–H groups in total. The third kappa shape index (κ3) is 1.96. The van der Waals surface area contributed by atoms with Crippen LogP contribution in [0.15, 0.2) is 0 Å². The molecule has 0 aromatic carbocycles. The van der Waals surface area contributed by atoms with Crippen molar-refractivity contribution in [3.63, 3.8) is 0 Å². The summed E-state index contributed by atoms with van der Waals surface area (Å²) in [6, 6.07) is 4.20. The standard InChI is InChI=1S/C8H11N3.CH4/c1-11-4-2-8(6-9,7-10)3-5-11;/h2-5H2,1H3;1H4. The van der Waals surface area contributed by atoms with Crippen LogP contribution in [0.3, 0.4) is 0 Å². The Bertz CT molecular complexity index is 197. The van der Waals surface area contributed by atoms with E-state index in [0.29, 0.717) is 12.8 Å². The molecule has 0 atom stereocenters. The van der Waals surface area contributed by atoms with Gasteiger partial charge in [-0.2, -0.15) is 10.5 Å². The number of hydrogen-bond acceptors (Lipinski definition) is 3. The lowest BCUT2D eigenvalue weighted by molar-refractivity contribution is 0.210. The van der Waals surface area contributed by atoms with Gasteiger partial charge in [-0.05, 0) is 19.9 Å². The minimum absolute atomic E-state index is 0. The van der Waals surface area contributed by atoms with Crippen LogP contribution in [0, 0.1) is 28.1 Å². The predicted molar refractivity (Wildman–Crippen MR) is 47.1 cm³/mol. The van der Waals surface area contributed by atoms with Crippen molar-refractivity contribution in [2.45, 2.75) is 20.3 Å². The molecular formula is C9H15N3. The lowest BCUT2D eigenvalue weighted by Crippen LogP contribution is -2.36. The largest absolute Gasteiger partial charge is 0.306 e. The van der Waals surface area contributed by atoms with Crippen LogP contribution in [-0.4, -0.2) is 25.0 Å². The molecule has 0 unspecified atom stereocenters. The molecule has 1 heterocycles. The fourth-order valence-electron chi connectivity index (χ4n) is 1.25. The SMILES string of the molecule is C.CN1CCC(C#N)(C#N)CC1. The Morgan fingerprint density at radius 2 is 1.58 bits per heavy atom. The van der Waals surface area contributed by atoms with Gasteiger partial charge in [0.1, 0.15) is 5.41 Å². The average molecular weight is 165 g/mol. The van der Waals surface area contributed by atoms with E-state index in [-0.39, 0.29) is 7.43 Å². The molecule has 1 aliphatic heterocycles. The summed E-state index contributed by atoms with van der Waals surface area (Å²) in [5, 5.41) is 17.5. The third-order valence-corrected chi connectivity index (χ3v) is 2.27. The molecule has 3 nitrogen and oxygen atoms in total. The molecule has 1 rings (SSSR count). The molecular weight excluding hydrogens is 150 g/mol. The molecule has 0 aromatic heterocycles. The Kier molecular flexibility index (Phi) is 3.73. The van der Waals surface area contributed by atoms with Gasteiger partial charge in [-0.3, -0.25) is 0 Å². The smallest absolute Gasteiger partial charge is 0.146 e. The number of nitrogens with zero attached hydrogens (tertiary/aromatic N) is 3. The van der Waals surface area contributed by atoms with Crippen molar-refractivity contribution >= 4 is 0 Å². The zero-order chi connectivity index (χ0) is 8.32. The van der Waals surface area contributed by atoms with Gasteiger partial charge in [0, 0.05) is 13.1 Å². The average Bonchev–Trinajstić information content (AvgIpc) is 2.07. The van der Waals surface area contributed by atoms with E-state index < -0.39 is 5.41 Å². The Balaban J connectivity index is 0.00000121. The molecule has 0 amide bonds. The highest BCUT2D eigenvalue weighted by Gasteiger charge is 2.33. The number of hydrogen-bond donors (Lipinski definition) is 0. The van der Waals surface area contributed by atoms with Gasteiger partial charge in [0.05, 0.1) is 12.1 Å². The summed E-state index contributed by atoms with van der Waals surface area (Å²) in [5.41, 5.74) is -0.688. The lowest BCUT2D eigenvalue weighted by Gasteiger charge is -2.30. The highest BCUT2D eigenvalue weighted by atomic mass is 15.1. The topological polar surface area (TPSA) is 50.8 Å². The highest BCUT2D eigenvalue weighted by molar-refractivity contribution is 5.15. The zero-order valence-electron chi connectivity index (χ0n) is 6.67. The van der Waals surface area contributed by atoms with E-state index in [2.05, 4.69) is 17.0 Å². The maximum atomic E-state index is 8.74. The van der Waals surface area contributed by atoms with E-state index >= 15 is 0 Å². The van der Waals surface area contributed by atoms with E-state index in [0.717, 1.165) is 13.1 Å². The first-order chi connectivity index (χ1) is 5.22. The summed E-state index contributed by atoms with van der Waals surface area (Å²) in [4.78, 5) is 2.15. The van der Waals surface area contributed by atoms with E-state index in [1.165, 1.54) is 0 Å². The molecule has 3 heteroatoms. The summed E-state index contributed by atoms with van der Waals surface area (Å²) < 4.78 is 0. The van der Waals surface area contributed by atoms with Gasteiger partial charge in [0.2, 0.25) is 0 Å². The van der Waals surface area contributed by atoms with Crippen molar-refractivity contribution in [2.24, 2.45) is 5.41 Å². The number of likely N-dealkylation sites (tertiary alicyclic amines) is 1. The third-order valence-electron chi connectivity index (χ3n) is 2.27. The van der Waals surface area contributed by atoms with Crippen molar-refractivity contribution in [1.29, 1.82) is 10.5 Å². The number of nitriles is 2. The minimum Gasteiger partial charge on any atom is -0.306 e. The number of piperidine rings is 1. The van der Waals surface area contributed by atoms with Crippen molar-refractivity contribution in [2.75, 3.05) is 20.1 Å². The Morgan fingerprint density at radius 3 is 1.92 bits per heavy atom. The zero-order valence-corrected chi connectivity index (χ0v) is 6.67. The molecule has 0 bridgehead atoms. The molecule has 66 valence electrons. The van der Waals surface area contributed by atoms with Gasteiger partial charge in [-0.15, -0.1) is 0 Å². The molecule has 0 aromatic rings. The molecule has 0 aliphatic carbocycles. The molecule has 1 aliphatic rings. The summed E-state index contributed by atoms with van der Waals surface area (Å²) in [5.74, 6) is 0. The van der Waals surface area contributed by atoms with Crippen molar-refractivity contribution < 1.29 is 0 Å². The van der Waals surface area contributed by atoms with Gasteiger partial charge < -0.3 is 4.90 Å². The van der Waals surface area contributed by atoms with Crippen LogP contribution in [0.1, 0.15) is 20.3 Å². The van der Waals surface area contributed by atoms with Crippen LogP contribution in [0.4, 0.5) is 0 Å². The first kappa shape index (κ1) is 10.9. The molecule has 1 fully saturated rings. The van der Waals surface area contributed by atoms with Crippen LogP contribution in [0.25, 0.3) is 0 Å². The van der Waals surface area contributed by atoms with E-state index in [1.807, 2.05) is 7.05 Å². The van der Waals surface area contributed by atoms with Gasteiger partial charge in [-0.1, -0.05) is 7.43 Å². The fourth-order valence-corrected chi connectivity index (χ4v) is 1.25. The summed E-state index contributed by atoms with van der Waals surface area (Å²) in [6.07, 6.45) is 1.38. The van der Waals surface area contributed by atoms with Gasteiger partial charge >= 0.3 is 0 Å². The van der Waals surface area contributed by atoms with Crippen LogP contribution >= 0.6 is 0 Å². The van der Waals surface area contributed by atoms with Crippen LogP contribution in [0.5, 0.6) is 0 Å². The molecule has 1 saturated heterocycles. The first-order valence-electron chi connectivity index (χ1n) is 3.73. The minimum atomic E-state index is -0.688. The number of rotatable bonds is 0. The molecule has 0 spiro atoms. The fraction of sp³-hybridized carbons (Fsp3) is 0.778. The Morgan fingerprint density at radius 1 is 1.17 bits per heavy atom. The second-order valence-electron chi connectivity index (χ2n) is 3.11. The Hall–Kier alpha value is -1.06. The van der Waals surface area contributed by atoms with E-state index in [9.17, 15) is 0 Å². The molecule has 0 saturated carbocycles. The van der Waals surface area contributed by atoms with Crippen molar-refractivity contribution in [3.05, 3.63) is 0 Å². The van der Waals surface area contributed by atoms with E-state index in [1.54, 1.807) is 0 Å². The second kappa shape index (κ2) is 4.09. The van der Waals surface area contributed by atoms with Gasteiger partial charge in [0.25, 0.3) is 0 Å². The maximum absolute atomic E-state index is 8.74. The van der Waals surface area contributed by atoms with Crippen molar-refractivity contribution in [1.82, 2.24) is 4.90 Å². The monoisotopic (exact) mass is 165 g/mol. The van der Waals surface area contributed by atoms with Crippen molar-refractivity contribution in [3.8, 4) is 12.1 Å². The van der Waals surface area contributed by atoms with Gasteiger partial charge in [0.15, 0.2) is 0 Å². The van der Waals surface area contributed by atoms with E-state index in [4.69, 9.17) is 10.5 Å². The van der Waals surface area contributed by atoms with Gasteiger partial charge in [-0.25, -0.2) is 0 Å². The summed E-state index contributed by atoms with van der Waals surface area (Å²) in [7, 11) is 2.01. The predicted octanol–water partition coefficient (Wildman–Crippen LogP) is 1.38. The maximum Gasteiger partial charge on any atom is 0.146 e. The molecule has 0 radical (unpaired) electrons. The van der Waals surface area contributed by atoms with Crippen LogP contribution < -0.4 is 0 Å². The second-order valence-corrected chi connectivity index (χ2v) is 3.11. The normalized spacial score (nSPS) is 21.6. The summed E-state index contributed by atoms with van der Waals surface area (Å²) >= 11 is 0. The molecule has 12 heavy (non-hydrogen) atoms.